The molecule has 0 aliphatic heterocycles. The third-order valence-corrected chi connectivity index (χ3v) is 2.25. The van der Waals surface area contributed by atoms with Crippen LogP contribution in [0.25, 0.3) is 0 Å². The van der Waals surface area contributed by atoms with Gasteiger partial charge in [0.1, 0.15) is 5.75 Å². The standard InChI is InChI=1S/C13H17NO3/c1-4-11(15)10-7-9(13(14)16)5-6-12(10)17-8(2)3/h5-8H,4H2,1-3H3,(H2,14,16). The van der Waals surface area contributed by atoms with Gasteiger partial charge in [0.05, 0.1) is 11.7 Å². The number of amides is 1. The number of nitrogens with two attached hydrogens (primary N) is 1. The Hall–Kier alpha value is -1.84. The van der Waals surface area contributed by atoms with Crippen molar-refractivity contribution >= 4 is 11.7 Å². The van der Waals surface area contributed by atoms with Gasteiger partial charge in [0.2, 0.25) is 5.91 Å². The highest BCUT2D eigenvalue weighted by molar-refractivity contribution is 6.02. The van der Waals surface area contributed by atoms with Crippen LogP contribution in [-0.4, -0.2) is 17.8 Å². The number of hydrogen-bond donors (Lipinski definition) is 1. The van der Waals surface area contributed by atoms with Crippen molar-refractivity contribution in [2.75, 3.05) is 0 Å². The molecule has 0 bridgehead atoms. The molecule has 0 atom stereocenters. The number of primary amides is 1. The Kier molecular flexibility index (Phi) is 4.26. The zero-order valence-corrected chi connectivity index (χ0v) is 10.3. The van der Waals surface area contributed by atoms with Gasteiger partial charge in [-0.2, -0.15) is 0 Å². The summed E-state index contributed by atoms with van der Waals surface area (Å²) in [5.41, 5.74) is 5.92. The van der Waals surface area contributed by atoms with E-state index in [1.54, 1.807) is 19.1 Å². The quantitative estimate of drug-likeness (QED) is 0.795. The number of ketones is 1. The molecule has 0 fully saturated rings. The van der Waals surface area contributed by atoms with E-state index >= 15 is 0 Å². The molecule has 0 radical (unpaired) electrons. The first kappa shape index (κ1) is 13.2. The van der Waals surface area contributed by atoms with E-state index in [2.05, 4.69) is 0 Å². The Labute approximate surface area is 101 Å². The second-order valence-corrected chi connectivity index (χ2v) is 4.02. The smallest absolute Gasteiger partial charge is 0.248 e. The minimum Gasteiger partial charge on any atom is -0.490 e. The van der Waals surface area contributed by atoms with Crippen molar-refractivity contribution in [2.24, 2.45) is 5.73 Å². The number of rotatable bonds is 5. The van der Waals surface area contributed by atoms with Gasteiger partial charge in [0, 0.05) is 12.0 Å². The largest absolute Gasteiger partial charge is 0.490 e. The van der Waals surface area contributed by atoms with Gasteiger partial charge in [-0.15, -0.1) is 0 Å². The lowest BCUT2D eigenvalue weighted by atomic mass is 10.0. The molecule has 0 spiro atoms. The number of Topliss-reactive ketones (excluding diaryl/α,β-unsaturated/α-hetero) is 1. The topological polar surface area (TPSA) is 69.4 Å². The Morgan fingerprint density at radius 1 is 1.35 bits per heavy atom. The van der Waals surface area contributed by atoms with Crippen LogP contribution in [-0.2, 0) is 0 Å². The zero-order chi connectivity index (χ0) is 13.0. The van der Waals surface area contributed by atoms with Gasteiger partial charge in [0.25, 0.3) is 0 Å². The van der Waals surface area contributed by atoms with Gasteiger partial charge in [-0.25, -0.2) is 0 Å². The molecule has 4 nitrogen and oxygen atoms in total. The van der Waals surface area contributed by atoms with Crippen molar-refractivity contribution in [2.45, 2.75) is 33.3 Å². The van der Waals surface area contributed by atoms with E-state index in [9.17, 15) is 9.59 Å². The summed E-state index contributed by atoms with van der Waals surface area (Å²) in [5, 5.41) is 0. The summed E-state index contributed by atoms with van der Waals surface area (Å²) >= 11 is 0. The number of hydrogen-bond acceptors (Lipinski definition) is 3. The van der Waals surface area contributed by atoms with Gasteiger partial charge in [-0.1, -0.05) is 6.92 Å². The summed E-state index contributed by atoms with van der Waals surface area (Å²) in [6.07, 6.45) is 0.328. The van der Waals surface area contributed by atoms with Crippen LogP contribution < -0.4 is 10.5 Å². The second kappa shape index (κ2) is 5.48. The Bertz CT molecular complexity index is 438. The molecule has 1 rings (SSSR count). The van der Waals surface area contributed by atoms with Crippen molar-refractivity contribution < 1.29 is 14.3 Å². The van der Waals surface area contributed by atoms with Crippen LogP contribution in [0.15, 0.2) is 18.2 Å². The molecule has 1 amide bonds. The first-order valence-corrected chi connectivity index (χ1v) is 5.59. The first-order valence-electron chi connectivity index (χ1n) is 5.59. The number of benzene rings is 1. The van der Waals surface area contributed by atoms with Gasteiger partial charge in [-0.05, 0) is 32.0 Å². The summed E-state index contributed by atoms with van der Waals surface area (Å²) in [6.45, 7) is 5.52. The maximum Gasteiger partial charge on any atom is 0.248 e. The molecule has 0 saturated heterocycles. The number of ether oxygens (including phenoxy) is 1. The van der Waals surface area contributed by atoms with Crippen LogP contribution >= 0.6 is 0 Å². The first-order chi connectivity index (χ1) is 7.95. The van der Waals surface area contributed by atoms with E-state index < -0.39 is 5.91 Å². The number of carbonyl (C=O) groups is 2. The average Bonchev–Trinajstić information content (AvgIpc) is 2.27. The monoisotopic (exact) mass is 235 g/mol. The second-order valence-electron chi connectivity index (χ2n) is 4.02. The molecule has 1 aromatic carbocycles. The normalized spacial score (nSPS) is 10.4. The lowest BCUT2D eigenvalue weighted by Crippen LogP contribution is -2.14. The molecule has 0 heterocycles. The zero-order valence-electron chi connectivity index (χ0n) is 10.3. The maximum absolute atomic E-state index is 11.8. The molecule has 1 aromatic rings. The van der Waals surface area contributed by atoms with E-state index in [1.807, 2.05) is 13.8 Å². The van der Waals surface area contributed by atoms with E-state index in [4.69, 9.17) is 10.5 Å². The van der Waals surface area contributed by atoms with E-state index in [-0.39, 0.29) is 11.9 Å². The lowest BCUT2D eigenvalue weighted by molar-refractivity contribution is 0.0982. The van der Waals surface area contributed by atoms with Crippen LogP contribution in [0.4, 0.5) is 0 Å². The minimum atomic E-state index is -0.550. The molecule has 2 N–H and O–H groups in total. The maximum atomic E-state index is 11.8. The molecular formula is C13H17NO3. The van der Waals surface area contributed by atoms with Crippen LogP contribution in [0.3, 0.4) is 0 Å². The highest BCUT2D eigenvalue weighted by Crippen LogP contribution is 2.23. The third-order valence-electron chi connectivity index (χ3n) is 2.25. The van der Waals surface area contributed by atoms with Gasteiger partial charge in [-0.3, -0.25) is 9.59 Å². The number of carbonyl (C=O) groups excluding carboxylic acids is 2. The van der Waals surface area contributed by atoms with E-state index in [0.29, 0.717) is 23.3 Å². The Morgan fingerprint density at radius 2 is 2.00 bits per heavy atom. The molecule has 0 unspecified atom stereocenters. The molecule has 0 aliphatic carbocycles. The molecule has 0 aliphatic rings. The molecule has 0 saturated carbocycles. The fraction of sp³-hybridized carbons (Fsp3) is 0.385. The minimum absolute atomic E-state index is 0.0298. The van der Waals surface area contributed by atoms with Gasteiger partial charge >= 0.3 is 0 Å². The predicted molar refractivity (Wildman–Crippen MR) is 65.3 cm³/mol. The summed E-state index contributed by atoms with van der Waals surface area (Å²) < 4.78 is 5.53. The van der Waals surface area contributed by atoms with Crippen LogP contribution in [0, 0.1) is 0 Å². The van der Waals surface area contributed by atoms with Crippen molar-refractivity contribution in [3.05, 3.63) is 29.3 Å². The molecule has 0 aromatic heterocycles. The Balaban J connectivity index is 3.21. The van der Waals surface area contributed by atoms with Crippen molar-refractivity contribution in [3.8, 4) is 5.75 Å². The SMILES string of the molecule is CCC(=O)c1cc(C(N)=O)ccc1OC(C)C. The van der Waals surface area contributed by atoms with Crippen LogP contribution in [0.5, 0.6) is 5.75 Å². The van der Waals surface area contributed by atoms with Crippen LogP contribution in [0.2, 0.25) is 0 Å². The average molecular weight is 235 g/mol. The summed E-state index contributed by atoms with van der Waals surface area (Å²) in [4.78, 5) is 22.8. The molecular weight excluding hydrogens is 218 g/mol. The van der Waals surface area contributed by atoms with E-state index in [1.165, 1.54) is 6.07 Å². The van der Waals surface area contributed by atoms with Crippen molar-refractivity contribution in [1.82, 2.24) is 0 Å². The lowest BCUT2D eigenvalue weighted by Gasteiger charge is -2.14. The van der Waals surface area contributed by atoms with E-state index in [0.717, 1.165) is 0 Å². The van der Waals surface area contributed by atoms with Crippen molar-refractivity contribution in [3.63, 3.8) is 0 Å². The molecule has 92 valence electrons. The summed E-state index contributed by atoms with van der Waals surface area (Å²) in [7, 11) is 0. The molecule has 4 heteroatoms. The van der Waals surface area contributed by atoms with Gasteiger partial charge in [0.15, 0.2) is 5.78 Å². The highest BCUT2D eigenvalue weighted by Gasteiger charge is 2.14. The predicted octanol–water partition coefficient (Wildman–Crippen LogP) is 2.17. The third kappa shape index (κ3) is 3.31. The highest BCUT2D eigenvalue weighted by atomic mass is 16.5. The summed E-state index contributed by atoms with van der Waals surface area (Å²) in [5.74, 6) is -0.119. The van der Waals surface area contributed by atoms with Gasteiger partial charge < -0.3 is 10.5 Å². The Morgan fingerprint density at radius 3 is 2.47 bits per heavy atom. The van der Waals surface area contributed by atoms with Crippen molar-refractivity contribution in [1.29, 1.82) is 0 Å². The van der Waals surface area contributed by atoms with Crippen LogP contribution in [0.1, 0.15) is 47.9 Å². The summed E-state index contributed by atoms with van der Waals surface area (Å²) in [6, 6.07) is 4.67. The molecule has 17 heavy (non-hydrogen) atoms. The fourth-order valence-electron chi connectivity index (χ4n) is 1.45. The fourth-order valence-corrected chi connectivity index (χ4v) is 1.45.